The molecule has 1 heterocycles. The molecule has 1 N–H and O–H groups in total. The van der Waals surface area contributed by atoms with Gasteiger partial charge in [-0.25, -0.2) is 0 Å². The number of aliphatic hydroxyl groups excluding tert-OH is 1. The molecule has 84 valence electrons. The molecule has 2 nitrogen and oxygen atoms in total. The molecule has 0 saturated carbocycles. The second-order valence-electron chi connectivity index (χ2n) is 4.10. The summed E-state index contributed by atoms with van der Waals surface area (Å²) in [6.45, 7) is 5.63. The van der Waals surface area contributed by atoms with E-state index in [9.17, 15) is 5.11 Å². The van der Waals surface area contributed by atoms with Crippen LogP contribution in [-0.4, -0.2) is 10.1 Å². The highest BCUT2D eigenvalue weighted by Crippen LogP contribution is 2.29. The molecule has 1 atom stereocenters. The topological polar surface area (TPSA) is 33.1 Å². The Hall–Kier alpha value is -1.12. The molecule has 1 unspecified atom stereocenters. The molecule has 0 fully saturated rings. The Morgan fingerprint density at radius 1 is 1.31 bits per heavy atom. The number of aromatic nitrogens is 1. The van der Waals surface area contributed by atoms with Crippen LogP contribution in [0.25, 0.3) is 10.9 Å². The van der Waals surface area contributed by atoms with Gasteiger partial charge in [0.1, 0.15) is 0 Å². The van der Waals surface area contributed by atoms with E-state index in [1.165, 1.54) is 0 Å². The molecule has 0 aliphatic rings. The third-order valence-corrected chi connectivity index (χ3v) is 3.19. The van der Waals surface area contributed by atoms with Gasteiger partial charge < -0.3 is 5.11 Å². The minimum atomic E-state index is -0.496. The number of aryl methyl sites for hydroxylation is 2. The fourth-order valence-corrected chi connectivity index (χ4v) is 2.06. The minimum Gasteiger partial charge on any atom is -0.389 e. The number of hydrogen-bond acceptors (Lipinski definition) is 2. The van der Waals surface area contributed by atoms with Crippen LogP contribution in [0.3, 0.4) is 0 Å². The van der Waals surface area contributed by atoms with Gasteiger partial charge in [-0.15, -0.1) is 0 Å². The Morgan fingerprint density at radius 2 is 2.00 bits per heavy atom. The number of rotatable bonds is 1. The number of nitrogens with zero attached hydrogens (tertiary/aromatic N) is 1. The number of fused-ring (bicyclic) bond motifs is 1. The van der Waals surface area contributed by atoms with Crippen LogP contribution in [0.5, 0.6) is 0 Å². The van der Waals surface area contributed by atoms with Gasteiger partial charge in [-0.05, 0) is 44.0 Å². The molecule has 2 aromatic rings. The Bertz CT molecular complexity index is 549. The highest BCUT2D eigenvalue weighted by Gasteiger charge is 2.11. The third-order valence-electron chi connectivity index (χ3n) is 2.78. The van der Waals surface area contributed by atoms with Crippen LogP contribution in [0, 0.1) is 13.8 Å². The Kier molecular flexibility index (Phi) is 2.87. The maximum Gasteiger partial charge on any atom is 0.0769 e. The van der Waals surface area contributed by atoms with E-state index in [2.05, 4.69) is 4.98 Å². The van der Waals surface area contributed by atoms with Crippen molar-refractivity contribution in [2.24, 2.45) is 0 Å². The molecular formula is C13H14ClNO. The van der Waals surface area contributed by atoms with Crippen LogP contribution in [0.2, 0.25) is 5.02 Å². The first kappa shape index (κ1) is 11.4. The molecule has 0 amide bonds. The molecule has 16 heavy (non-hydrogen) atoms. The largest absolute Gasteiger partial charge is 0.389 e. The average Bonchev–Trinajstić information content (AvgIpc) is 2.23. The molecule has 0 saturated heterocycles. The van der Waals surface area contributed by atoms with Crippen LogP contribution in [0.1, 0.15) is 29.8 Å². The number of pyridine rings is 1. The number of benzene rings is 1. The van der Waals surface area contributed by atoms with Gasteiger partial charge in [0.05, 0.1) is 11.6 Å². The lowest BCUT2D eigenvalue weighted by Gasteiger charge is -2.12. The first-order valence-corrected chi connectivity index (χ1v) is 5.63. The third kappa shape index (κ3) is 1.79. The van der Waals surface area contributed by atoms with E-state index in [1.807, 2.05) is 32.0 Å². The molecule has 2 rings (SSSR count). The van der Waals surface area contributed by atoms with Crippen molar-refractivity contribution in [2.75, 3.05) is 0 Å². The normalized spacial score (nSPS) is 13.1. The van der Waals surface area contributed by atoms with E-state index >= 15 is 0 Å². The van der Waals surface area contributed by atoms with Gasteiger partial charge >= 0.3 is 0 Å². The number of hydrogen-bond donors (Lipinski definition) is 1. The average molecular weight is 236 g/mol. The Balaban J connectivity index is 2.89. The molecular weight excluding hydrogens is 222 g/mol. The van der Waals surface area contributed by atoms with E-state index < -0.39 is 6.10 Å². The van der Waals surface area contributed by atoms with Crippen LogP contribution in [-0.2, 0) is 0 Å². The van der Waals surface area contributed by atoms with E-state index in [1.54, 1.807) is 6.92 Å². The summed E-state index contributed by atoms with van der Waals surface area (Å²) in [5, 5.41) is 11.4. The lowest BCUT2D eigenvalue weighted by molar-refractivity contribution is 0.200. The van der Waals surface area contributed by atoms with Crippen LogP contribution < -0.4 is 0 Å². The van der Waals surface area contributed by atoms with Gasteiger partial charge in [-0.3, -0.25) is 4.98 Å². The summed E-state index contributed by atoms with van der Waals surface area (Å²) in [6.07, 6.45) is -0.496. The van der Waals surface area contributed by atoms with Crippen molar-refractivity contribution in [3.05, 3.63) is 40.0 Å². The van der Waals surface area contributed by atoms with Crippen molar-refractivity contribution < 1.29 is 5.11 Å². The fourth-order valence-electron chi connectivity index (χ4n) is 1.91. The zero-order valence-corrected chi connectivity index (χ0v) is 10.3. The SMILES string of the molecule is Cc1cc(C(C)O)c2ccc(Cl)c(C)c2n1. The van der Waals surface area contributed by atoms with Crippen LogP contribution in [0.15, 0.2) is 18.2 Å². The fraction of sp³-hybridized carbons (Fsp3) is 0.308. The molecule has 0 radical (unpaired) electrons. The van der Waals surface area contributed by atoms with Gasteiger partial charge in [-0.2, -0.15) is 0 Å². The van der Waals surface area contributed by atoms with E-state index in [0.29, 0.717) is 5.02 Å². The summed E-state index contributed by atoms with van der Waals surface area (Å²) in [6, 6.07) is 5.68. The van der Waals surface area contributed by atoms with Crippen LogP contribution >= 0.6 is 11.6 Å². The highest BCUT2D eigenvalue weighted by atomic mass is 35.5. The van der Waals surface area contributed by atoms with Gasteiger partial charge in [0.2, 0.25) is 0 Å². The first-order valence-electron chi connectivity index (χ1n) is 5.25. The summed E-state index contributed by atoms with van der Waals surface area (Å²) >= 11 is 6.07. The summed E-state index contributed by atoms with van der Waals surface area (Å²) < 4.78 is 0. The second kappa shape index (κ2) is 4.04. The lowest BCUT2D eigenvalue weighted by Crippen LogP contribution is -1.97. The van der Waals surface area contributed by atoms with Gasteiger partial charge in [0.15, 0.2) is 0 Å². The van der Waals surface area contributed by atoms with Gasteiger partial charge in [-0.1, -0.05) is 17.7 Å². The molecule has 0 aliphatic carbocycles. The first-order chi connectivity index (χ1) is 7.50. The zero-order valence-electron chi connectivity index (χ0n) is 9.58. The quantitative estimate of drug-likeness (QED) is 0.820. The van der Waals surface area contributed by atoms with E-state index in [4.69, 9.17) is 11.6 Å². The van der Waals surface area contributed by atoms with E-state index in [-0.39, 0.29) is 0 Å². The number of aliphatic hydroxyl groups is 1. The predicted molar refractivity (Wildman–Crippen MR) is 66.9 cm³/mol. The lowest BCUT2D eigenvalue weighted by atomic mass is 10.0. The second-order valence-corrected chi connectivity index (χ2v) is 4.50. The van der Waals surface area contributed by atoms with E-state index in [0.717, 1.165) is 27.7 Å². The van der Waals surface area contributed by atoms with Gasteiger partial charge in [0, 0.05) is 16.1 Å². The minimum absolute atomic E-state index is 0.496. The standard InChI is InChI=1S/C13H14ClNO/c1-7-6-11(9(3)16)10-4-5-12(14)8(2)13(10)15-7/h4-6,9,16H,1-3H3. The maximum atomic E-state index is 9.75. The highest BCUT2D eigenvalue weighted by molar-refractivity contribution is 6.32. The number of halogens is 1. The summed E-state index contributed by atoms with van der Waals surface area (Å²) in [5.74, 6) is 0. The van der Waals surface area contributed by atoms with Gasteiger partial charge in [0.25, 0.3) is 0 Å². The monoisotopic (exact) mass is 235 g/mol. The van der Waals surface area contributed by atoms with Crippen molar-refractivity contribution in [1.82, 2.24) is 4.98 Å². The molecule has 0 spiro atoms. The summed E-state index contributed by atoms with van der Waals surface area (Å²) in [7, 11) is 0. The molecule has 1 aromatic heterocycles. The molecule has 1 aromatic carbocycles. The van der Waals surface area contributed by atoms with Crippen molar-refractivity contribution in [1.29, 1.82) is 0 Å². The van der Waals surface area contributed by atoms with Crippen LogP contribution in [0.4, 0.5) is 0 Å². The Morgan fingerprint density at radius 3 is 2.62 bits per heavy atom. The van der Waals surface area contributed by atoms with Crippen molar-refractivity contribution in [3.63, 3.8) is 0 Å². The summed E-state index contributed by atoms with van der Waals surface area (Å²) in [5.41, 5.74) is 3.64. The van der Waals surface area contributed by atoms with Crippen molar-refractivity contribution in [3.8, 4) is 0 Å². The zero-order chi connectivity index (χ0) is 11.9. The molecule has 0 bridgehead atoms. The predicted octanol–water partition coefficient (Wildman–Crippen LogP) is 3.56. The Labute approximate surface area is 99.9 Å². The molecule has 3 heteroatoms. The maximum absolute atomic E-state index is 9.75. The summed E-state index contributed by atoms with van der Waals surface area (Å²) in [4.78, 5) is 4.48. The van der Waals surface area contributed by atoms with Crippen molar-refractivity contribution in [2.45, 2.75) is 26.9 Å². The molecule has 0 aliphatic heterocycles. The smallest absolute Gasteiger partial charge is 0.0769 e. The van der Waals surface area contributed by atoms with Crippen molar-refractivity contribution >= 4 is 22.5 Å².